The van der Waals surface area contributed by atoms with E-state index in [-0.39, 0.29) is 12.0 Å². The van der Waals surface area contributed by atoms with Crippen LogP contribution in [0.2, 0.25) is 0 Å². The van der Waals surface area contributed by atoms with Gasteiger partial charge in [-0.2, -0.15) is 0 Å². The van der Waals surface area contributed by atoms with Crippen molar-refractivity contribution in [1.29, 1.82) is 0 Å². The first kappa shape index (κ1) is 30.9. The zero-order valence-electron chi connectivity index (χ0n) is 29.1. The van der Waals surface area contributed by atoms with Crippen LogP contribution in [0.4, 0.5) is 0 Å². The van der Waals surface area contributed by atoms with Crippen LogP contribution in [0, 0.1) is 0 Å². The number of nitrogens with zero attached hydrogens (tertiary/aromatic N) is 3. The lowest BCUT2D eigenvalue weighted by molar-refractivity contribution is 0.271. The fraction of sp³-hybridized carbons (Fsp3) is 0.0408. The second-order valence-electron chi connectivity index (χ2n) is 13.8. The van der Waals surface area contributed by atoms with E-state index in [1.165, 1.54) is 42.1 Å². The van der Waals surface area contributed by atoms with Crippen molar-refractivity contribution in [3.05, 3.63) is 193 Å². The van der Waals surface area contributed by atoms with Gasteiger partial charge in [0.25, 0.3) is 0 Å². The van der Waals surface area contributed by atoms with Crippen molar-refractivity contribution in [3.8, 4) is 39.7 Å². The summed E-state index contributed by atoms with van der Waals surface area (Å²) in [5, 5.41) is 5.04. The molecule has 0 saturated heterocycles. The lowest BCUT2D eigenvalue weighted by Gasteiger charge is -2.26. The highest BCUT2D eigenvalue weighted by atomic mass is 32.1. The average molecular weight is 710 g/mol. The fourth-order valence-electron chi connectivity index (χ4n) is 8.21. The number of rotatable bonds is 5. The van der Waals surface area contributed by atoms with Crippen LogP contribution < -0.4 is 4.74 Å². The molecule has 2 aliphatic rings. The molecule has 5 heteroatoms. The highest BCUT2D eigenvalue weighted by molar-refractivity contribution is 7.26. The van der Waals surface area contributed by atoms with E-state index in [0.29, 0.717) is 17.5 Å². The molecule has 0 amide bonds. The second-order valence-corrected chi connectivity index (χ2v) is 14.9. The predicted molar refractivity (Wildman–Crippen MR) is 223 cm³/mol. The topological polar surface area (TPSA) is 47.9 Å². The SMILES string of the molecule is C1=CC2Oc3ccccc3C2C(c2nc(-c3ccccc3)nc(-c3ccc(-c4ccccc4)cc3)n2)=C1c1cccc2sc3c4ccccc4ccc3c12. The molecular formula is C49H31N3OS. The monoisotopic (exact) mass is 709 g/mol. The van der Waals surface area contributed by atoms with Crippen molar-refractivity contribution in [3.63, 3.8) is 0 Å². The third-order valence-corrected chi connectivity index (χ3v) is 11.9. The number of hydrogen-bond donors (Lipinski definition) is 0. The van der Waals surface area contributed by atoms with Crippen LogP contribution in [0.5, 0.6) is 5.75 Å². The first-order chi connectivity index (χ1) is 26.8. The smallest absolute Gasteiger partial charge is 0.164 e. The second kappa shape index (κ2) is 12.5. The Bertz CT molecular complexity index is 2970. The highest BCUT2D eigenvalue weighted by Gasteiger charge is 2.41. The average Bonchev–Trinajstić information content (AvgIpc) is 3.83. The molecule has 1 aliphatic heterocycles. The summed E-state index contributed by atoms with van der Waals surface area (Å²) in [6.07, 6.45) is 4.27. The standard InChI is InChI=1S/C49H31N3OS/c1-3-12-30(13-4-1)31-22-24-34(25-23-31)48-50-47(33-15-5-2-6-16-33)51-49(52-48)45-37(28-29-41-44(45)38-18-9-10-20-40(38)53-41)36-19-11-21-42-43(36)39-27-26-32-14-7-8-17-35(32)46(39)54-42/h1-29,41,44H. The van der Waals surface area contributed by atoms with Gasteiger partial charge >= 0.3 is 0 Å². The van der Waals surface area contributed by atoms with Gasteiger partial charge in [-0.1, -0.05) is 158 Å². The minimum Gasteiger partial charge on any atom is -0.485 e. The Morgan fingerprint density at radius 1 is 0.500 bits per heavy atom. The highest BCUT2D eigenvalue weighted by Crippen LogP contribution is 2.52. The van der Waals surface area contributed by atoms with Gasteiger partial charge in [0.2, 0.25) is 0 Å². The summed E-state index contributed by atoms with van der Waals surface area (Å²) in [4.78, 5) is 15.8. The minimum atomic E-state index is -0.186. The molecule has 4 nitrogen and oxygen atoms in total. The zero-order valence-corrected chi connectivity index (χ0v) is 29.9. The number of para-hydroxylation sites is 1. The van der Waals surface area contributed by atoms with Gasteiger partial charge < -0.3 is 4.74 Å². The number of benzene rings is 7. The third kappa shape index (κ3) is 5.01. The van der Waals surface area contributed by atoms with Gasteiger partial charge in [-0.15, -0.1) is 11.3 Å². The minimum absolute atomic E-state index is 0.110. The molecule has 2 atom stereocenters. The lowest BCUT2D eigenvalue weighted by Crippen LogP contribution is -2.22. The molecule has 0 saturated carbocycles. The quantitative estimate of drug-likeness (QED) is 0.178. The van der Waals surface area contributed by atoms with Crippen LogP contribution >= 0.6 is 11.3 Å². The van der Waals surface area contributed by atoms with Crippen molar-refractivity contribution in [2.75, 3.05) is 0 Å². The summed E-state index contributed by atoms with van der Waals surface area (Å²) in [5.41, 5.74) is 8.64. The Labute approximate surface area is 316 Å². The number of hydrogen-bond acceptors (Lipinski definition) is 5. The molecule has 0 spiro atoms. The maximum atomic E-state index is 6.63. The number of allylic oxidation sites excluding steroid dienone is 2. The largest absolute Gasteiger partial charge is 0.485 e. The first-order valence-corrected chi connectivity index (χ1v) is 19.1. The molecule has 11 rings (SSSR count). The Balaban J connectivity index is 1.18. The van der Waals surface area contributed by atoms with Crippen molar-refractivity contribution >= 4 is 53.4 Å². The van der Waals surface area contributed by atoms with E-state index in [9.17, 15) is 0 Å². The molecule has 2 aromatic heterocycles. The molecule has 254 valence electrons. The molecule has 1 aliphatic carbocycles. The summed E-state index contributed by atoms with van der Waals surface area (Å²) in [7, 11) is 0. The van der Waals surface area contributed by atoms with Crippen LogP contribution in [0.25, 0.3) is 76.0 Å². The van der Waals surface area contributed by atoms with Gasteiger partial charge in [-0.25, -0.2) is 15.0 Å². The Hall–Kier alpha value is -6.69. The summed E-state index contributed by atoms with van der Waals surface area (Å²) in [5.74, 6) is 2.72. The van der Waals surface area contributed by atoms with Gasteiger partial charge in [-0.05, 0) is 51.2 Å². The molecule has 9 aromatic rings. The summed E-state index contributed by atoms with van der Waals surface area (Å²) in [6, 6.07) is 57.5. The van der Waals surface area contributed by atoms with Crippen molar-refractivity contribution < 1.29 is 4.74 Å². The van der Waals surface area contributed by atoms with Crippen LogP contribution in [0.3, 0.4) is 0 Å². The molecule has 7 aromatic carbocycles. The van der Waals surface area contributed by atoms with E-state index in [4.69, 9.17) is 19.7 Å². The van der Waals surface area contributed by atoms with Crippen LogP contribution in [0.15, 0.2) is 176 Å². The van der Waals surface area contributed by atoms with Gasteiger partial charge in [0.1, 0.15) is 11.9 Å². The molecule has 54 heavy (non-hydrogen) atoms. The van der Waals surface area contributed by atoms with Gasteiger partial charge in [0.15, 0.2) is 17.5 Å². The van der Waals surface area contributed by atoms with Crippen LogP contribution in [0.1, 0.15) is 22.9 Å². The maximum absolute atomic E-state index is 6.63. The van der Waals surface area contributed by atoms with Gasteiger partial charge in [0, 0.05) is 42.4 Å². The number of ether oxygens (including phenoxy) is 1. The summed E-state index contributed by atoms with van der Waals surface area (Å²) >= 11 is 1.86. The van der Waals surface area contributed by atoms with E-state index >= 15 is 0 Å². The van der Waals surface area contributed by atoms with E-state index in [0.717, 1.165) is 39.1 Å². The molecule has 0 radical (unpaired) electrons. The van der Waals surface area contributed by atoms with Crippen molar-refractivity contribution in [1.82, 2.24) is 15.0 Å². The van der Waals surface area contributed by atoms with Crippen LogP contribution in [-0.2, 0) is 0 Å². The Morgan fingerprint density at radius 2 is 1.15 bits per heavy atom. The number of thiophene rings is 1. The number of fused-ring (bicyclic) bond motifs is 8. The molecule has 0 fully saturated rings. The molecule has 2 unspecified atom stereocenters. The van der Waals surface area contributed by atoms with E-state index < -0.39 is 0 Å². The summed E-state index contributed by atoms with van der Waals surface area (Å²) < 4.78 is 9.19. The molecule has 3 heterocycles. The zero-order chi connectivity index (χ0) is 35.6. The molecular weight excluding hydrogens is 679 g/mol. The van der Waals surface area contributed by atoms with Gasteiger partial charge in [0.05, 0.1) is 5.92 Å². The van der Waals surface area contributed by atoms with E-state index in [2.05, 4.69) is 146 Å². The molecule has 0 N–H and O–H groups in total. The number of aromatic nitrogens is 3. The van der Waals surface area contributed by atoms with Crippen LogP contribution in [-0.4, -0.2) is 21.1 Å². The van der Waals surface area contributed by atoms with Crippen molar-refractivity contribution in [2.45, 2.75) is 12.0 Å². The first-order valence-electron chi connectivity index (χ1n) is 18.3. The van der Waals surface area contributed by atoms with E-state index in [1.807, 2.05) is 41.7 Å². The van der Waals surface area contributed by atoms with Gasteiger partial charge in [-0.3, -0.25) is 0 Å². The fourth-order valence-corrected chi connectivity index (χ4v) is 9.48. The maximum Gasteiger partial charge on any atom is 0.164 e. The Kier molecular flexibility index (Phi) is 7.13. The summed E-state index contributed by atoms with van der Waals surface area (Å²) in [6.45, 7) is 0. The molecule has 0 bridgehead atoms. The van der Waals surface area contributed by atoms with Crippen molar-refractivity contribution in [2.24, 2.45) is 0 Å². The van der Waals surface area contributed by atoms with E-state index in [1.54, 1.807) is 0 Å². The third-order valence-electron chi connectivity index (χ3n) is 10.7. The predicted octanol–water partition coefficient (Wildman–Crippen LogP) is 12.4. The Morgan fingerprint density at radius 3 is 1.96 bits per heavy atom. The normalized spacial score (nSPS) is 16.1. The lowest BCUT2D eigenvalue weighted by atomic mass is 9.78.